The predicted octanol–water partition coefficient (Wildman–Crippen LogP) is 0.986. The number of hydrogen-bond donors (Lipinski definition) is 1. The van der Waals surface area contributed by atoms with Crippen molar-refractivity contribution in [2.75, 3.05) is 31.6 Å². The van der Waals surface area contributed by atoms with Crippen molar-refractivity contribution in [3.05, 3.63) is 29.6 Å². The Hall–Kier alpha value is -1.62. The summed E-state index contributed by atoms with van der Waals surface area (Å²) >= 11 is 0. The maximum Gasteiger partial charge on any atom is 0.241 e. The fourth-order valence-corrected chi connectivity index (χ4v) is 2.10. The second-order valence-electron chi connectivity index (χ2n) is 4.53. The Bertz CT molecular complexity index is 451. The number of aliphatic hydroxyl groups excluding tert-OH is 1. The number of amides is 1. The Morgan fingerprint density at radius 3 is 2.83 bits per heavy atom. The minimum absolute atomic E-state index is 0.00173. The molecule has 1 N–H and O–H groups in total. The van der Waals surface area contributed by atoms with Crippen LogP contribution in [0.25, 0.3) is 0 Å². The number of benzene rings is 1. The topological polar surface area (TPSA) is 43.8 Å². The first-order valence-electron chi connectivity index (χ1n) is 6.00. The minimum Gasteiger partial charge on any atom is -0.392 e. The minimum atomic E-state index is -0.390. The molecule has 18 heavy (non-hydrogen) atoms. The molecule has 0 aromatic heterocycles. The van der Waals surface area contributed by atoms with Crippen molar-refractivity contribution in [2.45, 2.75) is 13.0 Å². The Kier molecular flexibility index (Phi) is 3.81. The lowest BCUT2D eigenvalue weighted by Gasteiger charge is -2.22. The molecule has 1 heterocycles. The zero-order chi connectivity index (χ0) is 13.1. The quantitative estimate of drug-likeness (QED) is 0.853. The lowest BCUT2D eigenvalue weighted by molar-refractivity contribution is -0.127. The highest BCUT2D eigenvalue weighted by atomic mass is 19.1. The molecular weight excluding hydrogens is 235 g/mol. The molecule has 0 unspecified atom stereocenters. The van der Waals surface area contributed by atoms with Crippen molar-refractivity contribution in [2.24, 2.45) is 0 Å². The molecule has 1 aromatic rings. The van der Waals surface area contributed by atoms with E-state index >= 15 is 0 Å². The highest BCUT2D eigenvalue weighted by Gasteiger charge is 2.21. The number of carbonyl (C=O) groups excluding carboxylic acids is 1. The molecule has 1 aromatic carbocycles. The number of nitrogens with zero attached hydrogens (tertiary/aromatic N) is 2. The average Bonchev–Trinajstić information content (AvgIpc) is 2.52. The fraction of sp³-hybridized carbons (Fsp3) is 0.462. The number of carbonyl (C=O) groups is 1. The zero-order valence-electron chi connectivity index (χ0n) is 10.4. The van der Waals surface area contributed by atoms with Crippen molar-refractivity contribution in [1.29, 1.82) is 0 Å². The normalized spacial score (nSPS) is 16.9. The second kappa shape index (κ2) is 5.35. The molecule has 1 aliphatic heterocycles. The van der Waals surface area contributed by atoms with E-state index in [1.807, 2.05) is 0 Å². The van der Waals surface area contributed by atoms with Gasteiger partial charge in [0.1, 0.15) is 5.82 Å². The Balaban J connectivity index is 2.22. The number of anilines is 1. The Labute approximate surface area is 106 Å². The van der Waals surface area contributed by atoms with Crippen LogP contribution >= 0.6 is 0 Å². The van der Waals surface area contributed by atoms with Crippen LogP contribution in [0.3, 0.4) is 0 Å². The molecule has 1 aliphatic rings. The molecule has 0 atom stereocenters. The summed E-state index contributed by atoms with van der Waals surface area (Å²) in [5.41, 5.74) is 0.963. The van der Waals surface area contributed by atoms with Gasteiger partial charge in [-0.05, 0) is 24.1 Å². The number of aliphatic hydroxyl groups is 1. The first-order valence-corrected chi connectivity index (χ1v) is 6.00. The van der Waals surface area contributed by atoms with Gasteiger partial charge in [-0.1, -0.05) is 6.07 Å². The van der Waals surface area contributed by atoms with Gasteiger partial charge in [-0.25, -0.2) is 4.39 Å². The van der Waals surface area contributed by atoms with Crippen LogP contribution in [0.1, 0.15) is 12.0 Å². The molecule has 0 bridgehead atoms. The Morgan fingerprint density at radius 2 is 2.17 bits per heavy atom. The molecule has 1 saturated heterocycles. The summed E-state index contributed by atoms with van der Waals surface area (Å²) in [4.78, 5) is 15.2. The zero-order valence-corrected chi connectivity index (χ0v) is 10.4. The van der Waals surface area contributed by atoms with Crippen LogP contribution in [-0.4, -0.2) is 42.6 Å². The number of likely N-dealkylation sites (N-methyl/N-ethyl adjacent to an activating group) is 1. The van der Waals surface area contributed by atoms with Crippen molar-refractivity contribution >= 4 is 11.6 Å². The standard InChI is InChI=1S/C13H17FN2O2/c1-15-5-2-6-16(8-13(15)18)12-4-3-10(9-17)7-11(12)14/h3-4,7,17H,2,5-6,8-9H2,1H3. The first-order chi connectivity index (χ1) is 8.61. The molecule has 0 saturated carbocycles. The Morgan fingerprint density at radius 1 is 1.39 bits per heavy atom. The van der Waals surface area contributed by atoms with Gasteiger partial charge < -0.3 is 14.9 Å². The van der Waals surface area contributed by atoms with Gasteiger partial charge in [-0.3, -0.25) is 4.79 Å². The van der Waals surface area contributed by atoms with E-state index in [2.05, 4.69) is 0 Å². The van der Waals surface area contributed by atoms with Gasteiger partial charge in [-0.15, -0.1) is 0 Å². The lowest BCUT2D eigenvalue weighted by atomic mass is 10.2. The summed E-state index contributed by atoms with van der Waals surface area (Å²) in [6.45, 7) is 1.38. The van der Waals surface area contributed by atoms with Gasteiger partial charge >= 0.3 is 0 Å². The van der Waals surface area contributed by atoms with Crippen LogP contribution in [0.2, 0.25) is 0 Å². The summed E-state index contributed by atoms with van der Waals surface area (Å²) in [7, 11) is 1.76. The summed E-state index contributed by atoms with van der Waals surface area (Å²) < 4.78 is 13.9. The number of hydrogen-bond acceptors (Lipinski definition) is 3. The van der Waals surface area contributed by atoms with Gasteiger partial charge in [-0.2, -0.15) is 0 Å². The van der Waals surface area contributed by atoms with Gasteiger partial charge in [0.2, 0.25) is 5.91 Å². The van der Waals surface area contributed by atoms with Crippen molar-refractivity contribution in [3.8, 4) is 0 Å². The third-order valence-corrected chi connectivity index (χ3v) is 3.21. The summed E-state index contributed by atoms with van der Waals surface area (Å²) in [6, 6.07) is 4.62. The van der Waals surface area contributed by atoms with Crippen molar-refractivity contribution in [1.82, 2.24) is 4.90 Å². The van der Waals surface area contributed by atoms with E-state index in [1.165, 1.54) is 6.07 Å². The monoisotopic (exact) mass is 252 g/mol. The van der Waals surface area contributed by atoms with E-state index in [0.717, 1.165) is 6.42 Å². The van der Waals surface area contributed by atoms with E-state index < -0.39 is 0 Å². The summed E-state index contributed by atoms with van der Waals surface area (Å²) in [6.07, 6.45) is 0.823. The van der Waals surface area contributed by atoms with E-state index in [1.54, 1.807) is 29.0 Å². The molecule has 0 spiro atoms. The smallest absolute Gasteiger partial charge is 0.241 e. The fourth-order valence-electron chi connectivity index (χ4n) is 2.10. The summed E-state index contributed by atoms with van der Waals surface area (Å²) in [5.74, 6) is -0.392. The van der Waals surface area contributed by atoms with Crippen molar-refractivity contribution < 1.29 is 14.3 Å². The maximum atomic E-state index is 13.9. The van der Waals surface area contributed by atoms with Gasteiger partial charge in [0.25, 0.3) is 0 Å². The molecule has 1 amide bonds. The first kappa shape index (κ1) is 12.8. The van der Waals surface area contributed by atoms with Crippen molar-refractivity contribution in [3.63, 3.8) is 0 Å². The maximum absolute atomic E-state index is 13.9. The molecule has 4 nitrogen and oxygen atoms in total. The third kappa shape index (κ3) is 2.61. The van der Waals surface area contributed by atoms with Crippen LogP contribution in [0.5, 0.6) is 0 Å². The van der Waals surface area contributed by atoms with Crippen LogP contribution in [0.4, 0.5) is 10.1 Å². The van der Waals surface area contributed by atoms with Crippen LogP contribution in [0.15, 0.2) is 18.2 Å². The van der Waals surface area contributed by atoms with E-state index in [9.17, 15) is 9.18 Å². The third-order valence-electron chi connectivity index (χ3n) is 3.21. The van der Waals surface area contributed by atoms with Gasteiger partial charge in [0.15, 0.2) is 0 Å². The van der Waals surface area contributed by atoms with Gasteiger partial charge in [0.05, 0.1) is 18.8 Å². The van der Waals surface area contributed by atoms with E-state index in [-0.39, 0.29) is 24.9 Å². The van der Waals surface area contributed by atoms with Crippen LogP contribution in [-0.2, 0) is 11.4 Å². The van der Waals surface area contributed by atoms with Crippen LogP contribution in [0, 0.1) is 5.82 Å². The highest BCUT2D eigenvalue weighted by molar-refractivity contribution is 5.81. The second-order valence-corrected chi connectivity index (χ2v) is 4.53. The predicted molar refractivity (Wildman–Crippen MR) is 66.8 cm³/mol. The van der Waals surface area contributed by atoms with Crippen LogP contribution < -0.4 is 4.90 Å². The molecule has 0 radical (unpaired) electrons. The number of rotatable bonds is 2. The average molecular weight is 252 g/mol. The molecule has 98 valence electrons. The molecule has 5 heteroatoms. The summed E-state index contributed by atoms with van der Waals surface area (Å²) in [5, 5.41) is 8.94. The van der Waals surface area contributed by atoms with E-state index in [4.69, 9.17) is 5.11 Å². The molecule has 2 rings (SSSR count). The molecule has 1 fully saturated rings. The van der Waals surface area contributed by atoms with E-state index in [0.29, 0.717) is 24.3 Å². The molecular formula is C13H17FN2O2. The largest absolute Gasteiger partial charge is 0.392 e. The highest BCUT2D eigenvalue weighted by Crippen LogP contribution is 2.22. The lowest BCUT2D eigenvalue weighted by Crippen LogP contribution is -2.34. The number of halogens is 1. The molecule has 0 aliphatic carbocycles. The SMILES string of the molecule is CN1CCCN(c2ccc(CO)cc2F)CC1=O. The van der Waals surface area contributed by atoms with Gasteiger partial charge in [0, 0.05) is 20.1 Å².